The number of anilines is 2. The molecule has 2 aromatic carbocycles. The van der Waals surface area contributed by atoms with Crippen LogP contribution in [0.15, 0.2) is 54.6 Å². The van der Waals surface area contributed by atoms with Gasteiger partial charge in [0.05, 0.1) is 0 Å². The molecule has 29 heavy (non-hydrogen) atoms. The van der Waals surface area contributed by atoms with Gasteiger partial charge < -0.3 is 15.4 Å². The molecule has 1 heterocycles. The number of nitrogens with zero attached hydrogens (tertiary/aromatic N) is 2. The molecule has 1 aromatic heterocycles. The van der Waals surface area contributed by atoms with Gasteiger partial charge in [-0.1, -0.05) is 36.4 Å². The van der Waals surface area contributed by atoms with Crippen LogP contribution in [0, 0.1) is 13.8 Å². The van der Waals surface area contributed by atoms with Gasteiger partial charge in [-0.2, -0.15) is 0 Å². The molecule has 0 aliphatic rings. The van der Waals surface area contributed by atoms with Crippen molar-refractivity contribution in [3.05, 3.63) is 71.4 Å². The average Bonchev–Trinajstić information content (AvgIpc) is 2.74. The Bertz CT molecular complexity index is 974. The molecule has 6 nitrogen and oxygen atoms in total. The Morgan fingerprint density at radius 3 is 2.52 bits per heavy atom. The first-order valence-electron chi connectivity index (χ1n) is 9.63. The van der Waals surface area contributed by atoms with Crippen molar-refractivity contribution in [2.75, 3.05) is 25.6 Å². The Balaban J connectivity index is 1.90. The van der Waals surface area contributed by atoms with E-state index in [-0.39, 0.29) is 5.91 Å². The van der Waals surface area contributed by atoms with Gasteiger partial charge in [-0.25, -0.2) is 9.97 Å². The van der Waals surface area contributed by atoms with Crippen molar-refractivity contribution in [1.82, 2.24) is 15.3 Å². The van der Waals surface area contributed by atoms with Crippen LogP contribution in [0.3, 0.4) is 0 Å². The molecule has 6 heteroatoms. The summed E-state index contributed by atoms with van der Waals surface area (Å²) in [5.74, 6) is 0.842. The van der Waals surface area contributed by atoms with Gasteiger partial charge in [0.1, 0.15) is 11.5 Å². The largest absolute Gasteiger partial charge is 0.385 e. The highest BCUT2D eigenvalue weighted by Crippen LogP contribution is 2.22. The first-order chi connectivity index (χ1) is 14.1. The molecular formula is C23H26N4O2. The highest BCUT2D eigenvalue weighted by molar-refractivity contribution is 5.93. The van der Waals surface area contributed by atoms with Crippen molar-refractivity contribution in [3.8, 4) is 11.4 Å². The summed E-state index contributed by atoms with van der Waals surface area (Å²) in [5, 5.41) is 6.19. The predicted octanol–water partition coefficient (Wildman–Crippen LogP) is 4.27. The molecule has 0 unspecified atom stereocenters. The molecular weight excluding hydrogens is 364 g/mol. The van der Waals surface area contributed by atoms with Crippen LogP contribution in [0.25, 0.3) is 11.4 Å². The van der Waals surface area contributed by atoms with Crippen LogP contribution in [-0.4, -0.2) is 36.1 Å². The van der Waals surface area contributed by atoms with Crippen LogP contribution >= 0.6 is 0 Å². The van der Waals surface area contributed by atoms with Crippen molar-refractivity contribution in [2.24, 2.45) is 0 Å². The van der Waals surface area contributed by atoms with Crippen LogP contribution in [0.4, 0.5) is 11.5 Å². The van der Waals surface area contributed by atoms with E-state index >= 15 is 0 Å². The number of nitrogens with one attached hydrogen (secondary N) is 2. The quantitative estimate of drug-likeness (QED) is 0.562. The van der Waals surface area contributed by atoms with Crippen molar-refractivity contribution in [2.45, 2.75) is 20.3 Å². The topological polar surface area (TPSA) is 76.1 Å². The molecule has 0 saturated heterocycles. The number of methoxy groups -OCH3 is 1. The smallest absolute Gasteiger partial charge is 0.270 e. The zero-order chi connectivity index (χ0) is 20.6. The second-order valence-electron chi connectivity index (χ2n) is 6.85. The molecule has 0 spiro atoms. The van der Waals surface area contributed by atoms with E-state index in [2.05, 4.69) is 46.6 Å². The third-order valence-electron chi connectivity index (χ3n) is 4.58. The van der Waals surface area contributed by atoms with E-state index < -0.39 is 0 Å². The van der Waals surface area contributed by atoms with Crippen LogP contribution in [0.1, 0.15) is 28.0 Å². The van der Waals surface area contributed by atoms with Gasteiger partial charge in [0.25, 0.3) is 5.91 Å². The average molecular weight is 390 g/mol. The highest BCUT2D eigenvalue weighted by Gasteiger charge is 2.13. The summed E-state index contributed by atoms with van der Waals surface area (Å²) in [4.78, 5) is 21.7. The lowest BCUT2D eigenvalue weighted by Crippen LogP contribution is -2.26. The molecule has 0 fully saturated rings. The van der Waals surface area contributed by atoms with Gasteiger partial charge >= 0.3 is 0 Å². The van der Waals surface area contributed by atoms with Crippen molar-refractivity contribution in [1.29, 1.82) is 0 Å². The minimum atomic E-state index is -0.233. The molecule has 0 radical (unpaired) electrons. The number of rotatable bonds is 8. The predicted molar refractivity (Wildman–Crippen MR) is 115 cm³/mol. The fraction of sp³-hybridized carbons (Fsp3) is 0.261. The third-order valence-corrected chi connectivity index (χ3v) is 4.58. The first kappa shape index (κ1) is 20.5. The number of carbonyl (C=O) groups is 1. The molecule has 0 saturated carbocycles. The zero-order valence-corrected chi connectivity index (χ0v) is 17.0. The summed E-state index contributed by atoms with van der Waals surface area (Å²) >= 11 is 0. The molecule has 0 aliphatic carbocycles. The van der Waals surface area contributed by atoms with E-state index in [1.807, 2.05) is 36.4 Å². The van der Waals surface area contributed by atoms with Gasteiger partial charge in [0.2, 0.25) is 0 Å². The summed E-state index contributed by atoms with van der Waals surface area (Å²) in [6.45, 7) is 5.26. The maximum absolute atomic E-state index is 12.6. The number of hydrogen-bond acceptors (Lipinski definition) is 5. The molecule has 0 aliphatic heterocycles. The molecule has 3 rings (SSSR count). The highest BCUT2D eigenvalue weighted by atomic mass is 16.5. The molecule has 0 bridgehead atoms. The normalized spacial score (nSPS) is 10.6. The minimum absolute atomic E-state index is 0.233. The Kier molecular flexibility index (Phi) is 6.92. The number of aryl methyl sites for hydroxylation is 2. The van der Waals surface area contributed by atoms with Gasteiger partial charge in [-0.15, -0.1) is 0 Å². The van der Waals surface area contributed by atoms with Crippen LogP contribution in [-0.2, 0) is 4.74 Å². The van der Waals surface area contributed by atoms with Gasteiger partial charge in [-0.3, -0.25) is 4.79 Å². The summed E-state index contributed by atoms with van der Waals surface area (Å²) in [6.07, 6.45) is 0.743. The monoisotopic (exact) mass is 390 g/mol. The maximum Gasteiger partial charge on any atom is 0.270 e. The molecule has 150 valence electrons. The van der Waals surface area contributed by atoms with E-state index in [1.165, 1.54) is 11.1 Å². The molecule has 3 aromatic rings. The fourth-order valence-electron chi connectivity index (χ4n) is 2.82. The van der Waals surface area contributed by atoms with Crippen LogP contribution in [0.5, 0.6) is 0 Å². The Morgan fingerprint density at radius 1 is 1.00 bits per heavy atom. The van der Waals surface area contributed by atoms with E-state index in [0.717, 1.165) is 17.7 Å². The number of hydrogen-bond donors (Lipinski definition) is 2. The second-order valence-corrected chi connectivity index (χ2v) is 6.85. The minimum Gasteiger partial charge on any atom is -0.385 e. The number of aromatic nitrogens is 2. The van der Waals surface area contributed by atoms with E-state index in [9.17, 15) is 4.79 Å². The SMILES string of the molecule is COCCCNC(=O)c1cc(Nc2ccc(C)c(C)c2)nc(-c2ccccc2)n1. The third kappa shape index (κ3) is 5.62. The lowest BCUT2D eigenvalue weighted by atomic mass is 10.1. The van der Waals surface area contributed by atoms with Crippen LogP contribution < -0.4 is 10.6 Å². The van der Waals surface area contributed by atoms with E-state index in [0.29, 0.717) is 30.5 Å². The second kappa shape index (κ2) is 9.80. The summed E-state index contributed by atoms with van der Waals surface area (Å²) < 4.78 is 5.02. The Hall–Kier alpha value is -3.25. The molecule has 1 amide bonds. The molecule has 0 atom stereocenters. The standard InChI is InChI=1S/C23H26N4O2/c1-16-10-11-19(14-17(16)2)25-21-15-20(23(28)24-12-7-13-29-3)26-22(27-21)18-8-5-4-6-9-18/h4-6,8-11,14-15H,7,12-13H2,1-3H3,(H,24,28)(H,25,26,27). The molecule has 2 N–H and O–H groups in total. The van der Waals surface area contributed by atoms with E-state index in [4.69, 9.17) is 4.74 Å². The van der Waals surface area contributed by atoms with Crippen molar-refractivity contribution in [3.63, 3.8) is 0 Å². The fourth-order valence-corrected chi connectivity index (χ4v) is 2.82. The maximum atomic E-state index is 12.6. The summed E-state index contributed by atoms with van der Waals surface area (Å²) in [5.41, 5.74) is 4.49. The van der Waals surface area contributed by atoms with Gasteiger partial charge in [0.15, 0.2) is 5.82 Å². The Morgan fingerprint density at radius 2 is 1.79 bits per heavy atom. The summed E-state index contributed by atoms with van der Waals surface area (Å²) in [7, 11) is 1.64. The van der Waals surface area contributed by atoms with Crippen molar-refractivity contribution >= 4 is 17.4 Å². The number of ether oxygens (including phenoxy) is 1. The van der Waals surface area contributed by atoms with Crippen LogP contribution in [0.2, 0.25) is 0 Å². The zero-order valence-electron chi connectivity index (χ0n) is 17.0. The van der Waals surface area contributed by atoms with Gasteiger partial charge in [0, 0.05) is 37.6 Å². The van der Waals surface area contributed by atoms with Gasteiger partial charge in [-0.05, 0) is 43.5 Å². The van der Waals surface area contributed by atoms with E-state index in [1.54, 1.807) is 13.2 Å². The Labute approximate surface area is 171 Å². The first-order valence-corrected chi connectivity index (χ1v) is 9.63. The lowest BCUT2D eigenvalue weighted by molar-refractivity contribution is 0.0943. The summed E-state index contributed by atoms with van der Waals surface area (Å²) in [6, 6.07) is 17.4. The lowest BCUT2D eigenvalue weighted by Gasteiger charge is -2.12. The number of benzene rings is 2. The van der Waals surface area contributed by atoms with Crippen molar-refractivity contribution < 1.29 is 9.53 Å². The number of carbonyl (C=O) groups excluding carboxylic acids is 1. The number of amides is 1.